The number of hydrogen-bond acceptors (Lipinski definition) is 4. The molecule has 1 aromatic rings. The summed E-state index contributed by atoms with van der Waals surface area (Å²) >= 11 is 1.57. The van der Waals surface area contributed by atoms with E-state index >= 15 is 0 Å². The normalized spacial score (nSPS) is 13.9. The van der Waals surface area contributed by atoms with Crippen molar-refractivity contribution >= 4 is 11.8 Å². The van der Waals surface area contributed by atoms with Crippen molar-refractivity contribution in [3.05, 3.63) is 35.1 Å². The number of thioether (sulfide) groups is 1. The molecule has 0 amide bonds. The summed E-state index contributed by atoms with van der Waals surface area (Å²) < 4.78 is 13.5. The van der Waals surface area contributed by atoms with Gasteiger partial charge < -0.3 is 10.4 Å². The van der Waals surface area contributed by atoms with Crippen molar-refractivity contribution in [3.8, 4) is 6.07 Å². The van der Waals surface area contributed by atoms with Gasteiger partial charge in [-0.3, -0.25) is 0 Å². The summed E-state index contributed by atoms with van der Waals surface area (Å²) in [6.07, 6.45) is 1.93. The zero-order chi connectivity index (χ0) is 13.5. The lowest BCUT2D eigenvalue weighted by molar-refractivity contribution is 0.275. The monoisotopic (exact) mass is 268 g/mol. The van der Waals surface area contributed by atoms with Crippen LogP contribution < -0.4 is 5.32 Å². The van der Waals surface area contributed by atoms with E-state index in [-0.39, 0.29) is 23.7 Å². The first-order valence-corrected chi connectivity index (χ1v) is 6.96. The summed E-state index contributed by atoms with van der Waals surface area (Å²) in [6.45, 7) is 2.37. The lowest BCUT2D eigenvalue weighted by Crippen LogP contribution is -2.37. The molecule has 0 spiro atoms. The van der Waals surface area contributed by atoms with Gasteiger partial charge in [-0.25, -0.2) is 4.39 Å². The van der Waals surface area contributed by atoms with E-state index in [4.69, 9.17) is 10.4 Å². The third-order valence-corrected chi connectivity index (χ3v) is 3.99. The summed E-state index contributed by atoms with van der Waals surface area (Å²) in [5.41, 5.74) is 0.920. The fourth-order valence-corrected chi connectivity index (χ4v) is 2.27. The standard InChI is InChI=1S/C13H17FN2OS/c1-9(13(8-17)18-2)16-7-11-5-10(6-15)3-4-12(11)14/h3-5,9,13,16-17H,7-8H2,1-2H3. The maximum Gasteiger partial charge on any atom is 0.127 e. The van der Waals surface area contributed by atoms with E-state index in [1.54, 1.807) is 17.8 Å². The molecule has 1 rings (SSSR count). The predicted molar refractivity (Wildman–Crippen MR) is 71.8 cm³/mol. The number of rotatable bonds is 6. The van der Waals surface area contributed by atoms with Crippen molar-refractivity contribution in [3.63, 3.8) is 0 Å². The molecule has 3 nitrogen and oxygen atoms in total. The minimum atomic E-state index is -0.321. The van der Waals surface area contributed by atoms with Gasteiger partial charge in [-0.2, -0.15) is 17.0 Å². The first-order valence-electron chi connectivity index (χ1n) is 5.68. The van der Waals surface area contributed by atoms with Gasteiger partial charge in [-0.1, -0.05) is 0 Å². The number of nitriles is 1. The number of hydrogen-bond donors (Lipinski definition) is 2. The average molecular weight is 268 g/mol. The van der Waals surface area contributed by atoms with Crippen LogP contribution in [0.5, 0.6) is 0 Å². The Morgan fingerprint density at radius 1 is 1.56 bits per heavy atom. The van der Waals surface area contributed by atoms with Crippen molar-refractivity contribution in [2.24, 2.45) is 0 Å². The predicted octanol–water partition coefficient (Wildman–Crippen LogP) is 1.90. The van der Waals surface area contributed by atoms with Crippen molar-refractivity contribution < 1.29 is 9.50 Å². The van der Waals surface area contributed by atoms with Crippen LogP contribution in [0, 0.1) is 17.1 Å². The van der Waals surface area contributed by atoms with E-state index in [9.17, 15) is 4.39 Å². The third-order valence-electron chi connectivity index (χ3n) is 2.83. The molecule has 0 heterocycles. The number of nitrogens with zero attached hydrogens (tertiary/aromatic N) is 1. The Balaban J connectivity index is 2.66. The first-order chi connectivity index (χ1) is 8.62. The molecule has 0 radical (unpaired) electrons. The highest BCUT2D eigenvalue weighted by atomic mass is 32.2. The molecule has 0 aliphatic rings. The van der Waals surface area contributed by atoms with Crippen LogP contribution in [0.1, 0.15) is 18.1 Å². The van der Waals surface area contributed by atoms with E-state index in [1.807, 2.05) is 19.2 Å². The molecule has 2 N–H and O–H groups in total. The Labute approximate surface area is 111 Å². The largest absolute Gasteiger partial charge is 0.395 e. The molecule has 0 aromatic heterocycles. The second-order valence-corrected chi connectivity index (χ2v) is 5.12. The molecule has 0 aliphatic heterocycles. The highest BCUT2D eigenvalue weighted by Gasteiger charge is 2.15. The van der Waals surface area contributed by atoms with Gasteiger partial charge in [0.2, 0.25) is 0 Å². The summed E-state index contributed by atoms with van der Waals surface area (Å²) in [4.78, 5) is 0. The van der Waals surface area contributed by atoms with Gasteiger partial charge in [0.05, 0.1) is 18.2 Å². The Hall–Kier alpha value is -1.09. The van der Waals surface area contributed by atoms with Gasteiger partial charge >= 0.3 is 0 Å². The van der Waals surface area contributed by atoms with Crippen molar-refractivity contribution in [2.45, 2.75) is 24.8 Å². The van der Waals surface area contributed by atoms with Gasteiger partial charge in [0, 0.05) is 23.4 Å². The number of aliphatic hydroxyl groups is 1. The second-order valence-electron chi connectivity index (χ2n) is 4.04. The zero-order valence-corrected chi connectivity index (χ0v) is 11.3. The van der Waals surface area contributed by atoms with Crippen LogP contribution >= 0.6 is 11.8 Å². The fourth-order valence-electron chi connectivity index (χ4n) is 1.62. The van der Waals surface area contributed by atoms with Gasteiger partial charge in [0.1, 0.15) is 5.82 Å². The molecular weight excluding hydrogens is 251 g/mol. The maximum atomic E-state index is 13.5. The lowest BCUT2D eigenvalue weighted by atomic mass is 10.1. The molecule has 2 unspecified atom stereocenters. The highest BCUT2D eigenvalue weighted by Crippen LogP contribution is 2.13. The molecule has 5 heteroatoms. The lowest BCUT2D eigenvalue weighted by Gasteiger charge is -2.21. The second kappa shape index (κ2) is 7.37. The SMILES string of the molecule is CSC(CO)C(C)NCc1cc(C#N)ccc1F. The van der Waals surface area contributed by atoms with E-state index in [2.05, 4.69) is 5.32 Å². The van der Waals surface area contributed by atoms with Crippen LogP contribution in [0.3, 0.4) is 0 Å². The van der Waals surface area contributed by atoms with E-state index in [1.165, 1.54) is 12.1 Å². The molecule has 0 saturated heterocycles. The maximum absolute atomic E-state index is 13.5. The quantitative estimate of drug-likeness (QED) is 0.827. The van der Waals surface area contributed by atoms with E-state index < -0.39 is 0 Å². The van der Waals surface area contributed by atoms with Crippen LogP contribution in [0.2, 0.25) is 0 Å². The van der Waals surface area contributed by atoms with Crippen LogP contribution in [-0.2, 0) is 6.54 Å². The average Bonchev–Trinajstić information content (AvgIpc) is 2.39. The van der Waals surface area contributed by atoms with Crippen molar-refractivity contribution in [1.82, 2.24) is 5.32 Å². The first kappa shape index (κ1) is 15.0. The van der Waals surface area contributed by atoms with Crippen LogP contribution in [0.15, 0.2) is 18.2 Å². The molecule has 0 aliphatic carbocycles. The molecule has 98 valence electrons. The molecule has 0 bridgehead atoms. The molecule has 0 saturated carbocycles. The van der Waals surface area contributed by atoms with Crippen LogP contribution in [0.4, 0.5) is 4.39 Å². The Morgan fingerprint density at radius 2 is 2.28 bits per heavy atom. The van der Waals surface area contributed by atoms with Gasteiger partial charge in [0.15, 0.2) is 0 Å². The minimum Gasteiger partial charge on any atom is -0.395 e. The van der Waals surface area contributed by atoms with Gasteiger partial charge in [-0.05, 0) is 31.4 Å². The Bertz CT molecular complexity index is 429. The van der Waals surface area contributed by atoms with E-state index in [0.717, 1.165) is 0 Å². The zero-order valence-electron chi connectivity index (χ0n) is 10.5. The molecule has 0 fully saturated rings. The topological polar surface area (TPSA) is 56.0 Å². The summed E-state index contributed by atoms with van der Waals surface area (Å²) in [5, 5.41) is 21.2. The third kappa shape index (κ3) is 3.98. The van der Waals surface area contributed by atoms with Crippen molar-refractivity contribution in [1.29, 1.82) is 5.26 Å². The molecule has 18 heavy (non-hydrogen) atoms. The fraction of sp³-hybridized carbons (Fsp3) is 0.462. The number of halogens is 1. The number of benzene rings is 1. The molecular formula is C13H17FN2OS. The number of nitrogens with one attached hydrogen (secondary N) is 1. The Morgan fingerprint density at radius 3 is 2.83 bits per heavy atom. The van der Waals surface area contributed by atoms with Gasteiger partial charge in [0.25, 0.3) is 0 Å². The molecule has 1 aromatic carbocycles. The minimum absolute atomic E-state index is 0.0649. The smallest absolute Gasteiger partial charge is 0.127 e. The summed E-state index contributed by atoms with van der Waals surface area (Å²) in [5.74, 6) is -0.321. The summed E-state index contributed by atoms with van der Waals surface area (Å²) in [6, 6.07) is 6.36. The highest BCUT2D eigenvalue weighted by molar-refractivity contribution is 7.99. The van der Waals surface area contributed by atoms with Gasteiger partial charge in [-0.15, -0.1) is 0 Å². The van der Waals surface area contributed by atoms with E-state index in [0.29, 0.717) is 17.7 Å². The number of aliphatic hydroxyl groups excluding tert-OH is 1. The molecule has 2 atom stereocenters. The summed E-state index contributed by atoms with van der Waals surface area (Å²) in [7, 11) is 0. The van der Waals surface area contributed by atoms with Crippen LogP contribution in [0.25, 0.3) is 0 Å². The Kier molecular flexibility index (Phi) is 6.13. The van der Waals surface area contributed by atoms with Crippen LogP contribution in [-0.4, -0.2) is 29.3 Å². The van der Waals surface area contributed by atoms with Crippen molar-refractivity contribution in [2.75, 3.05) is 12.9 Å².